The van der Waals surface area contributed by atoms with Gasteiger partial charge in [-0.1, -0.05) is 49.4 Å². The standard InChI is InChI=1S/C28H31FN4O/c1-19-12-16-33(17-13-19)27-30-18-24(26(34)31-20(2)21-8-10-23(29)11-9-21)25(32-27)28(14-15-28)22-6-4-3-5-7-22/h3-11,18-20H,12-17H2,1-2H3,(H,31,34). The van der Waals surface area contributed by atoms with Gasteiger partial charge in [0, 0.05) is 24.7 Å². The number of halogens is 1. The maximum atomic E-state index is 13.5. The molecule has 3 aromatic rings. The summed E-state index contributed by atoms with van der Waals surface area (Å²) in [6.45, 7) is 6.06. The minimum Gasteiger partial charge on any atom is -0.345 e. The highest BCUT2D eigenvalue weighted by Gasteiger charge is 2.49. The molecule has 2 aliphatic rings. The second-order valence-electron chi connectivity index (χ2n) is 9.80. The Bertz CT molecular complexity index is 1150. The van der Waals surface area contributed by atoms with Crippen LogP contribution in [0.3, 0.4) is 0 Å². The molecule has 1 aliphatic carbocycles. The zero-order valence-corrected chi connectivity index (χ0v) is 19.8. The molecule has 1 unspecified atom stereocenters. The number of carbonyl (C=O) groups is 1. The zero-order valence-electron chi connectivity index (χ0n) is 19.8. The van der Waals surface area contributed by atoms with Crippen molar-refractivity contribution in [2.24, 2.45) is 5.92 Å². The SMILES string of the molecule is CC1CCN(c2ncc(C(=O)NC(C)c3ccc(F)cc3)c(C3(c4ccccc4)CC3)n2)CC1. The van der Waals surface area contributed by atoms with E-state index < -0.39 is 0 Å². The molecule has 1 atom stereocenters. The molecule has 0 bridgehead atoms. The minimum atomic E-state index is -0.292. The van der Waals surface area contributed by atoms with Gasteiger partial charge in [0.05, 0.1) is 17.3 Å². The van der Waals surface area contributed by atoms with Gasteiger partial charge in [0.1, 0.15) is 5.82 Å². The lowest BCUT2D eigenvalue weighted by Gasteiger charge is -2.31. The van der Waals surface area contributed by atoms with Gasteiger partial charge in [0.2, 0.25) is 5.95 Å². The summed E-state index contributed by atoms with van der Waals surface area (Å²) in [5, 5.41) is 3.07. The lowest BCUT2D eigenvalue weighted by atomic mass is 9.89. The maximum Gasteiger partial charge on any atom is 0.255 e. The first-order chi connectivity index (χ1) is 16.5. The Morgan fingerprint density at radius 2 is 1.76 bits per heavy atom. The monoisotopic (exact) mass is 458 g/mol. The van der Waals surface area contributed by atoms with Crippen molar-refractivity contribution < 1.29 is 9.18 Å². The van der Waals surface area contributed by atoms with Gasteiger partial charge in [-0.15, -0.1) is 0 Å². The predicted octanol–water partition coefficient (Wildman–Crippen LogP) is 5.42. The van der Waals surface area contributed by atoms with Crippen LogP contribution in [0.15, 0.2) is 60.8 Å². The lowest BCUT2D eigenvalue weighted by molar-refractivity contribution is 0.0937. The molecule has 2 heterocycles. The van der Waals surface area contributed by atoms with Crippen LogP contribution in [-0.2, 0) is 5.41 Å². The maximum absolute atomic E-state index is 13.5. The van der Waals surface area contributed by atoms with Gasteiger partial charge in [-0.3, -0.25) is 4.79 Å². The lowest BCUT2D eigenvalue weighted by Crippen LogP contribution is -2.35. The Kier molecular flexibility index (Phi) is 6.07. The topological polar surface area (TPSA) is 58.1 Å². The minimum absolute atomic E-state index is 0.201. The van der Waals surface area contributed by atoms with Crippen LogP contribution in [0.1, 0.15) is 72.8 Å². The molecule has 176 valence electrons. The van der Waals surface area contributed by atoms with Gasteiger partial charge in [-0.2, -0.15) is 0 Å². The fourth-order valence-electron chi connectivity index (χ4n) is 4.92. The summed E-state index contributed by atoms with van der Waals surface area (Å²) >= 11 is 0. The molecule has 1 N–H and O–H groups in total. The quantitative estimate of drug-likeness (QED) is 0.536. The van der Waals surface area contributed by atoms with Crippen LogP contribution in [0.25, 0.3) is 0 Å². The Hall–Kier alpha value is -3.28. The number of carbonyl (C=O) groups excluding carboxylic acids is 1. The number of nitrogens with zero attached hydrogens (tertiary/aromatic N) is 3. The van der Waals surface area contributed by atoms with E-state index >= 15 is 0 Å². The first-order valence-electron chi connectivity index (χ1n) is 12.2. The number of amides is 1. The van der Waals surface area contributed by atoms with Gasteiger partial charge in [-0.05, 0) is 61.8 Å². The van der Waals surface area contributed by atoms with Crippen molar-refractivity contribution in [1.29, 1.82) is 0 Å². The average Bonchev–Trinajstić information content (AvgIpc) is 3.67. The number of piperidine rings is 1. The van der Waals surface area contributed by atoms with E-state index in [1.54, 1.807) is 18.3 Å². The van der Waals surface area contributed by atoms with E-state index in [9.17, 15) is 9.18 Å². The second kappa shape index (κ2) is 9.16. The molecule has 0 spiro atoms. The van der Waals surface area contributed by atoms with Gasteiger partial charge in [0.25, 0.3) is 5.91 Å². The normalized spacial score (nSPS) is 18.4. The van der Waals surface area contributed by atoms with Crippen LogP contribution in [0, 0.1) is 11.7 Å². The third-order valence-electron chi connectivity index (χ3n) is 7.33. The van der Waals surface area contributed by atoms with E-state index in [4.69, 9.17) is 4.98 Å². The molecule has 1 saturated heterocycles. The molecule has 5 nitrogen and oxygen atoms in total. The molecule has 1 aliphatic heterocycles. The van der Waals surface area contributed by atoms with Crippen LogP contribution < -0.4 is 10.2 Å². The summed E-state index contributed by atoms with van der Waals surface area (Å²) in [4.78, 5) is 25.4. The van der Waals surface area contributed by atoms with Gasteiger partial charge in [0.15, 0.2) is 0 Å². The highest BCUT2D eigenvalue weighted by molar-refractivity contribution is 5.96. The van der Waals surface area contributed by atoms with E-state index in [1.807, 2.05) is 25.1 Å². The summed E-state index contributed by atoms with van der Waals surface area (Å²) in [5.41, 5.74) is 3.11. The molecule has 2 fully saturated rings. The third-order valence-corrected chi connectivity index (χ3v) is 7.33. The molecular weight excluding hydrogens is 427 g/mol. The molecule has 5 rings (SSSR count). The van der Waals surface area contributed by atoms with E-state index in [-0.39, 0.29) is 23.2 Å². The van der Waals surface area contributed by atoms with Crippen molar-refractivity contribution in [3.8, 4) is 0 Å². The average molecular weight is 459 g/mol. The van der Waals surface area contributed by atoms with Crippen molar-refractivity contribution in [3.63, 3.8) is 0 Å². The van der Waals surface area contributed by atoms with Crippen LogP contribution in [0.5, 0.6) is 0 Å². The summed E-state index contributed by atoms with van der Waals surface area (Å²) in [6.07, 6.45) is 5.86. The number of hydrogen-bond donors (Lipinski definition) is 1. The van der Waals surface area contributed by atoms with Crippen LogP contribution in [0.4, 0.5) is 10.3 Å². The second-order valence-corrected chi connectivity index (χ2v) is 9.80. The fourth-order valence-corrected chi connectivity index (χ4v) is 4.92. The highest BCUT2D eigenvalue weighted by Crippen LogP contribution is 2.54. The first-order valence-corrected chi connectivity index (χ1v) is 12.2. The summed E-state index contributed by atoms with van der Waals surface area (Å²) in [5.74, 6) is 0.937. The highest BCUT2D eigenvalue weighted by atomic mass is 19.1. The molecule has 0 radical (unpaired) electrons. The van der Waals surface area contributed by atoms with Crippen molar-refractivity contribution in [2.75, 3.05) is 18.0 Å². The fraction of sp³-hybridized carbons (Fsp3) is 0.393. The van der Waals surface area contributed by atoms with Crippen molar-refractivity contribution in [2.45, 2.75) is 51.0 Å². The summed E-state index contributed by atoms with van der Waals surface area (Å²) in [6, 6.07) is 16.3. The van der Waals surface area contributed by atoms with E-state index in [0.717, 1.165) is 50.0 Å². The van der Waals surface area contributed by atoms with Gasteiger partial charge < -0.3 is 10.2 Å². The van der Waals surface area contributed by atoms with E-state index in [2.05, 4.69) is 34.3 Å². The molecule has 2 aromatic carbocycles. The van der Waals surface area contributed by atoms with Crippen LogP contribution in [0.2, 0.25) is 0 Å². The number of aromatic nitrogens is 2. The summed E-state index contributed by atoms with van der Waals surface area (Å²) < 4.78 is 13.3. The predicted molar refractivity (Wildman–Crippen MR) is 131 cm³/mol. The Morgan fingerprint density at radius 1 is 1.09 bits per heavy atom. The molecule has 1 amide bonds. The number of hydrogen-bond acceptors (Lipinski definition) is 4. The largest absolute Gasteiger partial charge is 0.345 e. The van der Waals surface area contributed by atoms with Crippen LogP contribution in [-0.4, -0.2) is 29.0 Å². The number of benzene rings is 2. The van der Waals surface area contributed by atoms with Crippen LogP contribution >= 0.6 is 0 Å². The molecule has 6 heteroatoms. The smallest absolute Gasteiger partial charge is 0.255 e. The van der Waals surface area contributed by atoms with Gasteiger partial charge in [-0.25, -0.2) is 14.4 Å². The molecule has 1 saturated carbocycles. The van der Waals surface area contributed by atoms with E-state index in [1.165, 1.54) is 17.7 Å². The zero-order chi connectivity index (χ0) is 23.7. The molecule has 1 aromatic heterocycles. The third kappa shape index (κ3) is 4.41. The Morgan fingerprint density at radius 3 is 2.41 bits per heavy atom. The number of nitrogens with one attached hydrogen (secondary N) is 1. The number of anilines is 1. The molecule has 34 heavy (non-hydrogen) atoms. The van der Waals surface area contributed by atoms with Crippen molar-refractivity contribution in [1.82, 2.24) is 15.3 Å². The number of rotatable bonds is 6. The van der Waals surface area contributed by atoms with Gasteiger partial charge >= 0.3 is 0 Å². The first kappa shape index (κ1) is 22.5. The Balaban J connectivity index is 1.48. The van der Waals surface area contributed by atoms with Crippen molar-refractivity contribution in [3.05, 3.63) is 89.0 Å². The Labute approximate surface area is 200 Å². The van der Waals surface area contributed by atoms with E-state index in [0.29, 0.717) is 17.4 Å². The van der Waals surface area contributed by atoms with Crippen molar-refractivity contribution >= 4 is 11.9 Å². The molecular formula is C28H31FN4O. The summed E-state index contributed by atoms with van der Waals surface area (Å²) in [7, 11) is 0.